The SMILES string of the molecule is CC(C)(O)O.Fc1cn([C@H]2CC[C@@H](COc3ccc4cccnc4c3)O2)c2ncnc(Cl)c12. The molecule has 1 fully saturated rings. The Bertz CT molecular complexity index is 1250. The van der Waals surface area contributed by atoms with E-state index in [1.54, 1.807) is 10.8 Å². The highest BCUT2D eigenvalue weighted by molar-refractivity contribution is 6.34. The molecule has 4 heterocycles. The first kappa shape index (κ1) is 23.3. The van der Waals surface area contributed by atoms with Crippen molar-refractivity contribution in [2.75, 3.05) is 6.61 Å². The van der Waals surface area contributed by atoms with Crippen molar-refractivity contribution < 1.29 is 24.1 Å². The van der Waals surface area contributed by atoms with Crippen LogP contribution in [0.25, 0.3) is 21.9 Å². The molecular formula is C23H24ClFN4O4. The third kappa shape index (κ3) is 5.75. The highest BCUT2D eigenvalue weighted by Gasteiger charge is 2.29. The Balaban J connectivity index is 0.000000471. The maximum Gasteiger partial charge on any atom is 0.156 e. The molecule has 8 nitrogen and oxygen atoms in total. The number of nitrogens with zero attached hydrogens (tertiary/aromatic N) is 4. The number of fused-ring (bicyclic) bond motifs is 2. The predicted octanol–water partition coefficient (Wildman–Crippen LogP) is 4.24. The zero-order valence-electron chi connectivity index (χ0n) is 18.2. The van der Waals surface area contributed by atoms with Gasteiger partial charge in [-0.2, -0.15) is 0 Å². The zero-order valence-corrected chi connectivity index (χ0v) is 18.9. The molecule has 3 aromatic heterocycles. The number of pyridine rings is 1. The van der Waals surface area contributed by atoms with Crippen LogP contribution in [0.4, 0.5) is 4.39 Å². The maximum absolute atomic E-state index is 14.2. The second-order valence-corrected chi connectivity index (χ2v) is 8.56. The normalized spacial score (nSPS) is 18.4. The summed E-state index contributed by atoms with van der Waals surface area (Å²) in [7, 11) is 0. The lowest BCUT2D eigenvalue weighted by atomic mass is 10.2. The molecule has 0 bridgehead atoms. The van der Waals surface area contributed by atoms with Gasteiger partial charge in [-0.3, -0.25) is 4.98 Å². The Labute approximate surface area is 194 Å². The molecule has 0 saturated carbocycles. The Morgan fingerprint density at radius 1 is 1.21 bits per heavy atom. The molecule has 2 N–H and O–H groups in total. The quantitative estimate of drug-likeness (QED) is 0.337. The van der Waals surface area contributed by atoms with Crippen molar-refractivity contribution in [3.8, 4) is 5.75 Å². The van der Waals surface area contributed by atoms with Crippen LogP contribution in [0.2, 0.25) is 5.15 Å². The first-order valence-electron chi connectivity index (χ1n) is 10.4. The Kier molecular flexibility index (Phi) is 6.76. The largest absolute Gasteiger partial charge is 0.491 e. The molecule has 10 heteroatoms. The molecule has 1 aliphatic heterocycles. The van der Waals surface area contributed by atoms with Crippen molar-refractivity contribution >= 4 is 33.5 Å². The van der Waals surface area contributed by atoms with Crippen LogP contribution in [0.5, 0.6) is 5.75 Å². The minimum atomic E-state index is -1.50. The van der Waals surface area contributed by atoms with E-state index in [-0.39, 0.29) is 22.9 Å². The molecule has 0 unspecified atom stereocenters. The average molecular weight is 475 g/mol. The zero-order chi connectivity index (χ0) is 23.6. The minimum absolute atomic E-state index is 0.0951. The van der Waals surface area contributed by atoms with Gasteiger partial charge in [-0.15, -0.1) is 0 Å². The van der Waals surface area contributed by atoms with Gasteiger partial charge in [0, 0.05) is 23.8 Å². The molecule has 1 saturated heterocycles. The lowest BCUT2D eigenvalue weighted by Crippen LogP contribution is -2.18. The van der Waals surface area contributed by atoms with E-state index in [0.29, 0.717) is 12.3 Å². The molecule has 0 aliphatic carbocycles. The maximum atomic E-state index is 14.2. The van der Waals surface area contributed by atoms with Gasteiger partial charge in [-0.25, -0.2) is 14.4 Å². The van der Waals surface area contributed by atoms with Gasteiger partial charge in [0.2, 0.25) is 0 Å². The van der Waals surface area contributed by atoms with E-state index >= 15 is 0 Å². The van der Waals surface area contributed by atoms with Crippen molar-refractivity contribution in [1.82, 2.24) is 19.5 Å². The summed E-state index contributed by atoms with van der Waals surface area (Å²) in [5.74, 6) is -1.21. The van der Waals surface area contributed by atoms with Gasteiger partial charge in [-0.05, 0) is 44.9 Å². The fraction of sp³-hybridized carbons (Fsp3) is 0.348. The van der Waals surface area contributed by atoms with E-state index < -0.39 is 11.6 Å². The van der Waals surface area contributed by atoms with Gasteiger partial charge in [0.05, 0.1) is 17.0 Å². The Hall–Kier alpha value is -2.85. The van der Waals surface area contributed by atoms with E-state index in [0.717, 1.165) is 29.5 Å². The van der Waals surface area contributed by atoms with Gasteiger partial charge in [0.15, 0.2) is 11.6 Å². The standard InChI is InChI=1S/C20H16ClFN4O2.C3H8O2/c21-19-18-15(22)9-26(20(18)25-11-24-19)17-6-5-14(28-17)10-27-13-4-3-12-2-1-7-23-16(12)8-13;1-3(2,4)5/h1-4,7-9,11,14,17H,5-6,10H2;4-5H,1-2H3/t14-,17+;/m0./s1. The summed E-state index contributed by atoms with van der Waals surface area (Å²) in [6.45, 7) is 3.01. The predicted molar refractivity (Wildman–Crippen MR) is 121 cm³/mol. The second-order valence-electron chi connectivity index (χ2n) is 8.20. The highest BCUT2D eigenvalue weighted by Crippen LogP contribution is 2.34. The van der Waals surface area contributed by atoms with Gasteiger partial charge in [0.25, 0.3) is 0 Å². The summed E-state index contributed by atoms with van der Waals surface area (Å²) >= 11 is 6.00. The van der Waals surface area contributed by atoms with E-state index in [2.05, 4.69) is 15.0 Å². The topological polar surface area (TPSA) is 103 Å². The van der Waals surface area contributed by atoms with Gasteiger partial charge < -0.3 is 24.3 Å². The van der Waals surface area contributed by atoms with Crippen LogP contribution in [-0.2, 0) is 4.74 Å². The lowest BCUT2D eigenvalue weighted by Gasteiger charge is -2.16. The van der Waals surface area contributed by atoms with E-state index in [9.17, 15) is 4.39 Å². The molecule has 0 radical (unpaired) electrons. The van der Waals surface area contributed by atoms with Crippen molar-refractivity contribution in [3.05, 3.63) is 60.0 Å². The number of halogens is 2. The molecule has 0 spiro atoms. The van der Waals surface area contributed by atoms with Crippen LogP contribution in [0.15, 0.2) is 49.1 Å². The van der Waals surface area contributed by atoms with E-state index in [4.69, 9.17) is 31.3 Å². The monoisotopic (exact) mass is 474 g/mol. The molecule has 174 valence electrons. The van der Waals surface area contributed by atoms with Crippen LogP contribution in [0.1, 0.15) is 32.9 Å². The van der Waals surface area contributed by atoms with E-state index in [1.165, 1.54) is 26.4 Å². The second kappa shape index (κ2) is 9.56. The fourth-order valence-electron chi connectivity index (χ4n) is 3.56. The molecule has 5 rings (SSSR count). The molecule has 2 atom stereocenters. The number of hydrogen-bond donors (Lipinski definition) is 2. The van der Waals surface area contributed by atoms with Crippen molar-refractivity contribution in [3.63, 3.8) is 0 Å². The summed E-state index contributed by atoms with van der Waals surface area (Å²) in [6, 6.07) is 9.72. The minimum Gasteiger partial charge on any atom is -0.491 e. The number of aromatic nitrogens is 4. The number of hydrogen-bond acceptors (Lipinski definition) is 7. The van der Waals surface area contributed by atoms with Crippen LogP contribution in [-0.4, -0.2) is 48.2 Å². The van der Waals surface area contributed by atoms with Crippen molar-refractivity contribution in [2.24, 2.45) is 0 Å². The first-order valence-corrected chi connectivity index (χ1v) is 10.8. The number of benzene rings is 1. The Morgan fingerprint density at radius 3 is 2.79 bits per heavy atom. The van der Waals surface area contributed by atoms with E-state index in [1.807, 2.05) is 30.3 Å². The molecule has 1 aliphatic rings. The lowest BCUT2D eigenvalue weighted by molar-refractivity contribution is -0.127. The molecule has 33 heavy (non-hydrogen) atoms. The Morgan fingerprint density at radius 2 is 2.00 bits per heavy atom. The van der Waals surface area contributed by atoms with Crippen LogP contribution >= 0.6 is 11.6 Å². The smallest absolute Gasteiger partial charge is 0.156 e. The number of rotatable bonds is 4. The number of ether oxygens (including phenoxy) is 2. The third-order valence-corrected chi connectivity index (χ3v) is 5.21. The molecule has 1 aromatic carbocycles. The first-order chi connectivity index (χ1) is 15.7. The summed E-state index contributed by atoms with van der Waals surface area (Å²) in [5, 5.41) is 17.5. The van der Waals surface area contributed by atoms with Crippen LogP contribution in [0, 0.1) is 5.82 Å². The van der Waals surface area contributed by atoms with Crippen LogP contribution < -0.4 is 4.74 Å². The summed E-state index contributed by atoms with van der Waals surface area (Å²) in [6.07, 6.45) is 5.58. The van der Waals surface area contributed by atoms with Crippen molar-refractivity contribution in [2.45, 2.75) is 44.8 Å². The van der Waals surface area contributed by atoms with Gasteiger partial charge in [0.1, 0.15) is 35.7 Å². The van der Waals surface area contributed by atoms with Crippen LogP contribution in [0.3, 0.4) is 0 Å². The third-order valence-electron chi connectivity index (χ3n) is 4.93. The summed E-state index contributed by atoms with van der Waals surface area (Å²) in [4.78, 5) is 12.3. The fourth-order valence-corrected chi connectivity index (χ4v) is 3.78. The molecule has 0 amide bonds. The molecule has 4 aromatic rings. The highest BCUT2D eigenvalue weighted by atomic mass is 35.5. The summed E-state index contributed by atoms with van der Waals surface area (Å²) in [5.41, 5.74) is 1.32. The van der Waals surface area contributed by atoms with Crippen molar-refractivity contribution in [1.29, 1.82) is 0 Å². The molecular weight excluding hydrogens is 451 g/mol. The average Bonchev–Trinajstić information content (AvgIpc) is 3.36. The number of aliphatic hydroxyl groups is 2. The van der Waals surface area contributed by atoms with Gasteiger partial charge in [-0.1, -0.05) is 17.7 Å². The summed E-state index contributed by atoms with van der Waals surface area (Å²) < 4.78 is 27.9. The van der Waals surface area contributed by atoms with Gasteiger partial charge >= 0.3 is 0 Å².